The molecule has 0 unspecified atom stereocenters. The van der Waals surface area contributed by atoms with Gasteiger partial charge in [-0.05, 0) is 40.4 Å². The van der Waals surface area contributed by atoms with E-state index < -0.39 is 0 Å². The van der Waals surface area contributed by atoms with Crippen molar-refractivity contribution in [1.82, 2.24) is 4.98 Å². The van der Waals surface area contributed by atoms with Gasteiger partial charge in [0.25, 0.3) is 0 Å². The fraction of sp³-hybridized carbons (Fsp3) is 0.444. The minimum absolute atomic E-state index is 0.0434. The zero-order chi connectivity index (χ0) is 8.60. The minimum Gasteiger partial charge on any atom is -0.395 e. The molecule has 0 spiro atoms. The van der Waals surface area contributed by atoms with Crippen LogP contribution in [0, 0.1) is 0 Å². The molecule has 1 aromatic rings. The molecule has 0 amide bonds. The predicted molar refractivity (Wildman–Crippen MR) is 49.9 cm³/mol. The lowest BCUT2D eigenvalue weighted by atomic mass is 9.99. The van der Waals surface area contributed by atoms with Crippen molar-refractivity contribution < 1.29 is 5.11 Å². The second kappa shape index (κ2) is 2.82. The maximum absolute atomic E-state index is 9.19. The van der Waals surface area contributed by atoms with Crippen LogP contribution in [0.25, 0.3) is 0 Å². The van der Waals surface area contributed by atoms with Crippen molar-refractivity contribution in [3.63, 3.8) is 0 Å². The van der Waals surface area contributed by atoms with Crippen LogP contribution in [0.4, 0.5) is 0 Å². The number of aromatic nitrogens is 1. The third kappa shape index (κ3) is 1.17. The van der Waals surface area contributed by atoms with Crippen LogP contribution < -0.4 is 0 Å². The summed E-state index contributed by atoms with van der Waals surface area (Å²) in [4.78, 5) is 3.99. The van der Waals surface area contributed by atoms with E-state index in [-0.39, 0.29) is 12.0 Å². The Hall–Kier alpha value is -0.410. The first-order valence-electron chi connectivity index (χ1n) is 3.99. The Morgan fingerprint density at radius 3 is 2.83 bits per heavy atom. The number of aliphatic hydroxyl groups is 1. The van der Waals surface area contributed by atoms with E-state index in [0.717, 1.165) is 17.3 Å². The number of rotatable bonds is 2. The van der Waals surface area contributed by atoms with E-state index in [1.165, 1.54) is 5.56 Å². The summed E-state index contributed by atoms with van der Waals surface area (Å²) in [6.45, 7) is 0.246. The average Bonchev–Trinajstić information content (AvgIpc) is 2.86. The fourth-order valence-electron chi connectivity index (χ4n) is 1.47. The quantitative estimate of drug-likeness (QED) is 0.838. The highest BCUT2D eigenvalue weighted by Crippen LogP contribution is 2.49. The predicted octanol–water partition coefficient (Wildman–Crippen LogP) is 1.87. The van der Waals surface area contributed by atoms with Gasteiger partial charge in [-0.15, -0.1) is 0 Å². The number of aliphatic hydroxyl groups excluding tert-OH is 1. The number of hydrogen-bond donors (Lipinski definition) is 1. The molecule has 0 saturated heterocycles. The first-order valence-corrected chi connectivity index (χ1v) is 4.79. The summed E-state index contributed by atoms with van der Waals surface area (Å²) in [5.41, 5.74) is 1.24. The smallest absolute Gasteiger partial charge is 0.0528 e. The van der Waals surface area contributed by atoms with Crippen molar-refractivity contribution in [3.05, 3.63) is 28.5 Å². The van der Waals surface area contributed by atoms with Gasteiger partial charge in [-0.3, -0.25) is 4.98 Å². The van der Waals surface area contributed by atoms with Gasteiger partial charge in [-0.2, -0.15) is 0 Å². The summed E-state index contributed by atoms with van der Waals surface area (Å²) >= 11 is 3.44. The van der Waals surface area contributed by atoms with Crippen LogP contribution >= 0.6 is 15.9 Å². The molecule has 1 aliphatic carbocycles. The maximum atomic E-state index is 9.19. The van der Waals surface area contributed by atoms with E-state index in [4.69, 9.17) is 0 Å². The van der Waals surface area contributed by atoms with Crippen LogP contribution in [0.1, 0.15) is 18.4 Å². The van der Waals surface area contributed by atoms with E-state index in [2.05, 4.69) is 20.9 Å². The van der Waals surface area contributed by atoms with Crippen molar-refractivity contribution in [1.29, 1.82) is 0 Å². The molecule has 12 heavy (non-hydrogen) atoms. The average molecular weight is 228 g/mol. The minimum atomic E-state index is 0.0434. The maximum Gasteiger partial charge on any atom is 0.0528 e. The van der Waals surface area contributed by atoms with Crippen LogP contribution in [-0.2, 0) is 5.41 Å². The molecule has 1 heterocycles. The van der Waals surface area contributed by atoms with E-state index in [0.29, 0.717) is 0 Å². The van der Waals surface area contributed by atoms with Gasteiger partial charge < -0.3 is 5.11 Å². The van der Waals surface area contributed by atoms with E-state index in [1.807, 2.05) is 6.07 Å². The number of hydrogen-bond acceptors (Lipinski definition) is 2. The van der Waals surface area contributed by atoms with Gasteiger partial charge in [0.05, 0.1) is 6.61 Å². The van der Waals surface area contributed by atoms with Crippen LogP contribution in [0.5, 0.6) is 0 Å². The molecular formula is C9H10BrNO. The van der Waals surface area contributed by atoms with Crippen molar-refractivity contribution in [2.75, 3.05) is 6.61 Å². The van der Waals surface area contributed by atoms with Gasteiger partial charge in [0.2, 0.25) is 0 Å². The van der Waals surface area contributed by atoms with Crippen LogP contribution in [0.3, 0.4) is 0 Å². The van der Waals surface area contributed by atoms with E-state index in [9.17, 15) is 5.11 Å². The first-order chi connectivity index (χ1) is 5.78. The number of halogens is 1. The topological polar surface area (TPSA) is 33.1 Å². The molecule has 2 rings (SSSR count). The Kier molecular flexibility index (Phi) is 1.93. The second-order valence-electron chi connectivity index (χ2n) is 3.29. The van der Waals surface area contributed by atoms with Gasteiger partial charge in [-0.1, -0.05) is 0 Å². The Balaban J connectivity index is 2.40. The molecule has 0 bridgehead atoms. The Labute approximate surface area is 79.8 Å². The summed E-state index contributed by atoms with van der Waals surface area (Å²) in [6, 6.07) is 1.98. The molecule has 0 atom stereocenters. The SMILES string of the molecule is OCC1(c2ccncc2Br)CC1. The molecule has 64 valence electrons. The molecule has 3 heteroatoms. The molecule has 1 aromatic heterocycles. The van der Waals surface area contributed by atoms with Crippen LogP contribution in [0.15, 0.2) is 22.9 Å². The lowest BCUT2D eigenvalue weighted by Gasteiger charge is -2.12. The Bertz CT molecular complexity index is 296. The zero-order valence-corrected chi connectivity index (χ0v) is 8.21. The lowest BCUT2D eigenvalue weighted by Crippen LogP contribution is -2.12. The fourth-order valence-corrected chi connectivity index (χ4v) is 2.14. The monoisotopic (exact) mass is 227 g/mol. The molecular weight excluding hydrogens is 218 g/mol. The van der Waals surface area contributed by atoms with Gasteiger partial charge in [0, 0.05) is 22.3 Å². The highest BCUT2D eigenvalue weighted by molar-refractivity contribution is 9.10. The normalized spacial score (nSPS) is 19.2. The summed E-state index contributed by atoms with van der Waals surface area (Å²) in [5.74, 6) is 0. The van der Waals surface area contributed by atoms with Gasteiger partial charge in [-0.25, -0.2) is 0 Å². The largest absolute Gasteiger partial charge is 0.395 e. The third-order valence-corrected chi connectivity index (χ3v) is 3.13. The molecule has 1 saturated carbocycles. The zero-order valence-electron chi connectivity index (χ0n) is 6.63. The molecule has 1 aliphatic rings. The first kappa shape index (κ1) is 8.20. The Morgan fingerprint density at radius 2 is 2.33 bits per heavy atom. The molecule has 1 fully saturated rings. The van der Waals surface area contributed by atoms with Gasteiger partial charge >= 0.3 is 0 Å². The van der Waals surface area contributed by atoms with Crippen LogP contribution in [0.2, 0.25) is 0 Å². The standard InChI is InChI=1S/C9H10BrNO/c10-8-5-11-4-1-7(8)9(6-12)2-3-9/h1,4-5,12H,2-3,6H2. The molecule has 2 nitrogen and oxygen atoms in total. The third-order valence-electron chi connectivity index (χ3n) is 2.50. The Morgan fingerprint density at radius 1 is 1.58 bits per heavy atom. The summed E-state index contributed by atoms with van der Waals surface area (Å²) < 4.78 is 1.01. The second-order valence-corrected chi connectivity index (χ2v) is 4.15. The number of nitrogens with zero attached hydrogens (tertiary/aromatic N) is 1. The van der Waals surface area contributed by atoms with E-state index >= 15 is 0 Å². The van der Waals surface area contributed by atoms with E-state index in [1.54, 1.807) is 12.4 Å². The summed E-state index contributed by atoms with van der Waals surface area (Å²) in [5, 5.41) is 9.19. The van der Waals surface area contributed by atoms with Crippen molar-refractivity contribution >= 4 is 15.9 Å². The van der Waals surface area contributed by atoms with Gasteiger partial charge in [0.1, 0.15) is 0 Å². The number of pyridine rings is 1. The molecule has 0 aliphatic heterocycles. The highest BCUT2D eigenvalue weighted by atomic mass is 79.9. The van der Waals surface area contributed by atoms with Gasteiger partial charge in [0.15, 0.2) is 0 Å². The van der Waals surface area contributed by atoms with Crippen LogP contribution in [-0.4, -0.2) is 16.7 Å². The van der Waals surface area contributed by atoms with Crippen molar-refractivity contribution in [2.45, 2.75) is 18.3 Å². The molecule has 0 radical (unpaired) electrons. The summed E-state index contributed by atoms with van der Waals surface area (Å²) in [6.07, 6.45) is 5.74. The van der Waals surface area contributed by atoms with Crippen molar-refractivity contribution in [3.8, 4) is 0 Å². The highest BCUT2D eigenvalue weighted by Gasteiger charge is 2.44. The molecule has 0 aromatic carbocycles. The molecule has 1 N–H and O–H groups in total. The lowest BCUT2D eigenvalue weighted by molar-refractivity contribution is 0.254. The van der Waals surface area contributed by atoms with Crippen molar-refractivity contribution in [2.24, 2.45) is 0 Å². The summed E-state index contributed by atoms with van der Waals surface area (Å²) in [7, 11) is 0.